The van der Waals surface area contributed by atoms with Crippen molar-refractivity contribution in [2.24, 2.45) is 5.73 Å². The molecule has 0 amide bonds. The zero-order chi connectivity index (χ0) is 10.5. The van der Waals surface area contributed by atoms with E-state index < -0.39 is 0 Å². The summed E-state index contributed by atoms with van der Waals surface area (Å²) in [6.07, 6.45) is 7.67. The summed E-state index contributed by atoms with van der Waals surface area (Å²) < 4.78 is 5.28. The zero-order valence-electron chi connectivity index (χ0n) is 9.11. The number of furan rings is 1. The molecule has 0 aliphatic heterocycles. The Morgan fingerprint density at radius 3 is 3.00 bits per heavy atom. The normalized spacial score (nSPS) is 26.7. The van der Waals surface area contributed by atoms with Gasteiger partial charge in [-0.3, -0.25) is 0 Å². The van der Waals surface area contributed by atoms with E-state index in [4.69, 9.17) is 10.2 Å². The highest BCUT2D eigenvalue weighted by Crippen LogP contribution is 2.16. The van der Waals surface area contributed by atoms with E-state index in [1.54, 1.807) is 6.26 Å². The molecule has 2 rings (SSSR count). The van der Waals surface area contributed by atoms with Gasteiger partial charge in [0.15, 0.2) is 0 Å². The molecule has 0 bridgehead atoms. The van der Waals surface area contributed by atoms with Crippen LogP contribution in [0.1, 0.15) is 31.4 Å². The predicted octanol–water partition coefficient (Wildman–Crippen LogP) is 1.68. The molecule has 2 unspecified atom stereocenters. The first kappa shape index (κ1) is 10.7. The maximum atomic E-state index is 6.05. The van der Waals surface area contributed by atoms with E-state index in [0.29, 0.717) is 12.1 Å². The third kappa shape index (κ3) is 3.08. The maximum Gasteiger partial charge on any atom is 0.105 e. The first-order valence-corrected chi connectivity index (χ1v) is 5.87. The van der Waals surface area contributed by atoms with Crippen LogP contribution < -0.4 is 11.1 Å². The van der Waals surface area contributed by atoms with Gasteiger partial charge >= 0.3 is 0 Å². The summed E-state index contributed by atoms with van der Waals surface area (Å²) in [6, 6.07) is 4.80. The van der Waals surface area contributed by atoms with E-state index in [-0.39, 0.29) is 0 Å². The highest BCUT2D eigenvalue weighted by molar-refractivity contribution is 4.98. The SMILES string of the molecule is NC1CCCCC1NCCc1ccco1. The third-order valence-corrected chi connectivity index (χ3v) is 3.18. The lowest BCUT2D eigenvalue weighted by atomic mass is 9.91. The number of nitrogens with two attached hydrogens (primary N) is 1. The van der Waals surface area contributed by atoms with Crippen molar-refractivity contribution in [2.75, 3.05) is 6.54 Å². The molecule has 1 aromatic rings. The molecular weight excluding hydrogens is 188 g/mol. The third-order valence-electron chi connectivity index (χ3n) is 3.18. The Kier molecular flexibility index (Phi) is 3.80. The first-order chi connectivity index (χ1) is 7.36. The summed E-state index contributed by atoms with van der Waals surface area (Å²) in [4.78, 5) is 0. The van der Waals surface area contributed by atoms with Gasteiger partial charge in [0.1, 0.15) is 5.76 Å². The molecule has 3 heteroatoms. The molecule has 1 aromatic heterocycles. The quantitative estimate of drug-likeness (QED) is 0.791. The molecule has 0 radical (unpaired) electrons. The van der Waals surface area contributed by atoms with Gasteiger partial charge in [0.2, 0.25) is 0 Å². The van der Waals surface area contributed by atoms with Crippen LogP contribution in [0.3, 0.4) is 0 Å². The van der Waals surface area contributed by atoms with Gasteiger partial charge in [0.25, 0.3) is 0 Å². The van der Waals surface area contributed by atoms with E-state index in [0.717, 1.165) is 18.7 Å². The Balaban J connectivity index is 1.68. The van der Waals surface area contributed by atoms with Crippen molar-refractivity contribution in [2.45, 2.75) is 44.2 Å². The Bertz CT molecular complexity index is 271. The summed E-state index contributed by atoms with van der Waals surface area (Å²) in [5.74, 6) is 1.05. The average molecular weight is 208 g/mol. The Morgan fingerprint density at radius 1 is 1.40 bits per heavy atom. The molecule has 1 aliphatic carbocycles. The van der Waals surface area contributed by atoms with Crippen molar-refractivity contribution >= 4 is 0 Å². The van der Waals surface area contributed by atoms with Gasteiger partial charge in [-0.1, -0.05) is 12.8 Å². The monoisotopic (exact) mass is 208 g/mol. The van der Waals surface area contributed by atoms with Crippen molar-refractivity contribution in [3.8, 4) is 0 Å². The average Bonchev–Trinajstić information content (AvgIpc) is 2.74. The molecule has 1 aliphatic rings. The van der Waals surface area contributed by atoms with Crippen LogP contribution in [0.5, 0.6) is 0 Å². The van der Waals surface area contributed by atoms with Crippen LogP contribution >= 0.6 is 0 Å². The van der Waals surface area contributed by atoms with E-state index in [1.807, 2.05) is 12.1 Å². The molecular formula is C12H20N2O. The van der Waals surface area contributed by atoms with Gasteiger partial charge in [0, 0.05) is 25.0 Å². The molecule has 0 saturated heterocycles. The molecule has 0 aromatic carbocycles. The molecule has 1 fully saturated rings. The number of nitrogens with one attached hydrogen (secondary N) is 1. The molecule has 3 N–H and O–H groups in total. The maximum absolute atomic E-state index is 6.05. The van der Waals surface area contributed by atoms with Crippen LogP contribution in [0.2, 0.25) is 0 Å². The Morgan fingerprint density at radius 2 is 2.27 bits per heavy atom. The molecule has 3 nitrogen and oxygen atoms in total. The number of hydrogen-bond donors (Lipinski definition) is 2. The summed E-state index contributed by atoms with van der Waals surface area (Å²) in [7, 11) is 0. The van der Waals surface area contributed by atoms with Gasteiger partial charge in [0.05, 0.1) is 6.26 Å². The van der Waals surface area contributed by atoms with Crippen LogP contribution in [-0.4, -0.2) is 18.6 Å². The highest BCUT2D eigenvalue weighted by Gasteiger charge is 2.20. The second-order valence-corrected chi connectivity index (χ2v) is 4.34. The molecule has 0 spiro atoms. The largest absolute Gasteiger partial charge is 0.469 e. The topological polar surface area (TPSA) is 51.2 Å². The van der Waals surface area contributed by atoms with Gasteiger partial charge in [-0.2, -0.15) is 0 Å². The van der Waals surface area contributed by atoms with Crippen molar-refractivity contribution in [3.05, 3.63) is 24.2 Å². The Labute approximate surface area is 91.0 Å². The second-order valence-electron chi connectivity index (χ2n) is 4.34. The summed E-state index contributed by atoms with van der Waals surface area (Å²) in [5, 5.41) is 3.52. The van der Waals surface area contributed by atoms with Crippen LogP contribution in [0.4, 0.5) is 0 Å². The fraction of sp³-hybridized carbons (Fsp3) is 0.667. The molecule has 2 atom stereocenters. The van der Waals surface area contributed by atoms with E-state index in [1.165, 1.54) is 25.7 Å². The van der Waals surface area contributed by atoms with Crippen molar-refractivity contribution in [1.29, 1.82) is 0 Å². The number of hydrogen-bond acceptors (Lipinski definition) is 3. The molecule has 15 heavy (non-hydrogen) atoms. The Hall–Kier alpha value is -0.800. The van der Waals surface area contributed by atoms with Crippen LogP contribution in [0.25, 0.3) is 0 Å². The fourth-order valence-corrected chi connectivity index (χ4v) is 2.25. The van der Waals surface area contributed by atoms with Crippen molar-refractivity contribution < 1.29 is 4.42 Å². The molecule has 84 valence electrons. The standard InChI is InChI=1S/C12H20N2O/c13-11-5-1-2-6-12(11)14-8-7-10-4-3-9-15-10/h3-4,9,11-12,14H,1-2,5-8,13H2. The smallest absolute Gasteiger partial charge is 0.105 e. The summed E-state index contributed by atoms with van der Waals surface area (Å²) in [5.41, 5.74) is 6.05. The van der Waals surface area contributed by atoms with E-state index >= 15 is 0 Å². The zero-order valence-corrected chi connectivity index (χ0v) is 9.11. The van der Waals surface area contributed by atoms with Crippen LogP contribution in [0.15, 0.2) is 22.8 Å². The van der Waals surface area contributed by atoms with E-state index in [9.17, 15) is 0 Å². The second kappa shape index (κ2) is 5.33. The van der Waals surface area contributed by atoms with Gasteiger partial charge in [-0.15, -0.1) is 0 Å². The molecule has 1 saturated carbocycles. The van der Waals surface area contributed by atoms with Crippen molar-refractivity contribution in [1.82, 2.24) is 5.32 Å². The van der Waals surface area contributed by atoms with Crippen LogP contribution in [-0.2, 0) is 6.42 Å². The number of rotatable bonds is 4. The van der Waals surface area contributed by atoms with E-state index in [2.05, 4.69) is 5.32 Å². The highest BCUT2D eigenvalue weighted by atomic mass is 16.3. The summed E-state index contributed by atoms with van der Waals surface area (Å²) >= 11 is 0. The minimum Gasteiger partial charge on any atom is -0.469 e. The lowest BCUT2D eigenvalue weighted by Crippen LogP contribution is -2.47. The lowest BCUT2D eigenvalue weighted by Gasteiger charge is -2.29. The molecule has 1 heterocycles. The minimum atomic E-state index is 0.343. The lowest BCUT2D eigenvalue weighted by molar-refractivity contribution is 0.326. The van der Waals surface area contributed by atoms with Gasteiger partial charge in [-0.25, -0.2) is 0 Å². The first-order valence-electron chi connectivity index (χ1n) is 5.87. The summed E-state index contributed by atoms with van der Waals surface area (Å²) in [6.45, 7) is 0.964. The fourth-order valence-electron chi connectivity index (χ4n) is 2.25. The van der Waals surface area contributed by atoms with Crippen LogP contribution in [0, 0.1) is 0 Å². The van der Waals surface area contributed by atoms with Gasteiger partial charge < -0.3 is 15.5 Å². The van der Waals surface area contributed by atoms with Crippen molar-refractivity contribution in [3.63, 3.8) is 0 Å². The van der Waals surface area contributed by atoms with Gasteiger partial charge in [-0.05, 0) is 25.0 Å². The minimum absolute atomic E-state index is 0.343. The predicted molar refractivity (Wildman–Crippen MR) is 60.6 cm³/mol.